The Morgan fingerprint density at radius 1 is 1.14 bits per heavy atom. The molecule has 0 N–H and O–H groups in total. The first-order chi connectivity index (χ1) is 14.0. The molecule has 156 valence electrons. The SMILES string of the molecule is COCCn1c(C)cc(C(=O)COC(=O)CSc2ccc3c(c2)OCCO3)c1C. The highest BCUT2D eigenvalue weighted by Gasteiger charge is 2.18. The Kier molecular flexibility index (Phi) is 7.22. The Hall–Kier alpha value is -2.45. The number of thioether (sulfide) groups is 1. The van der Waals surface area contributed by atoms with Crippen molar-refractivity contribution in [2.45, 2.75) is 25.3 Å². The van der Waals surface area contributed by atoms with Gasteiger partial charge < -0.3 is 23.5 Å². The van der Waals surface area contributed by atoms with E-state index in [0.717, 1.165) is 16.3 Å². The first-order valence-corrected chi connectivity index (χ1v) is 10.3. The number of esters is 1. The molecule has 1 aromatic carbocycles. The van der Waals surface area contributed by atoms with Crippen LogP contribution in [0, 0.1) is 13.8 Å². The summed E-state index contributed by atoms with van der Waals surface area (Å²) in [6.45, 7) is 5.84. The second-order valence-corrected chi connectivity index (χ2v) is 7.66. The van der Waals surface area contributed by atoms with Gasteiger partial charge >= 0.3 is 5.97 Å². The number of nitrogens with zero attached hydrogens (tertiary/aromatic N) is 1. The van der Waals surface area contributed by atoms with Crippen LogP contribution in [0.15, 0.2) is 29.2 Å². The molecule has 1 aliphatic heterocycles. The first kappa shape index (κ1) is 21.3. The van der Waals surface area contributed by atoms with Crippen molar-refractivity contribution >= 4 is 23.5 Å². The minimum atomic E-state index is -0.438. The lowest BCUT2D eigenvalue weighted by atomic mass is 10.1. The van der Waals surface area contributed by atoms with Gasteiger partial charge in [0.2, 0.25) is 5.78 Å². The van der Waals surface area contributed by atoms with Crippen LogP contribution in [0.3, 0.4) is 0 Å². The molecule has 0 bridgehead atoms. The fourth-order valence-electron chi connectivity index (χ4n) is 3.13. The zero-order valence-corrected chi connectivity index (χ0v) is 17.7. The standard InChI is InChI=1S/C21H25NO6S/c1-14-10-17(15(2)22(14)6-7-25-3)18(23)12-28-21(24)13-29-16-4-5-19-20(11-16)27-9-8-26-19/h4-5,10-11H,6-9,12-13H2,1-3H3. The van der Waals surface area contributed by atoms with Gasteiger partial charge in [0.15, 0.2) is 18.1 Å². The molecule has 0 fully saturated rings. The summed E-state index contributed by atoms with van der Waals surface area (Å²) < 4.78 is 23.3. The van der Waals surface area contributed by atoms with Crippen LogP contribution in [0.1, 0.15) is 21.7 Å². The number of methoxy groups -OCH3 is 1. The summed E-state index contributed by atoms with van der Waals surface area (Å²) in [6.07, 6.45) is 0. The Morgan fingerprint density at radius 3 is 2.66 bits per heavy atom. The highest BCUT2D eigenvalue weighted by atomic mass is 32.2. The van der Waals surface area contributed by atoms with Gasteiger partial charge in [-0.05, 0) is 38.1 Å². The number of carbonyl (C=O) groups excluding carboxylic acids is 2. The third-order valence-electron chi connectivity index (χ3n) is 4.63. The Balaban J connectivity index is 1.50. The number of Topliss-reactive ketones (excluding diaryl/α,β-unsaturated/α-hetero) is 1. The molecule has 0 saturated heterocycles. The quantitative estimate of drug-likeness (QED) is 0.351. The van der Waals surface area contributed by atoms with Crippen LogP contribution >= 0.6 is 11.8 Å². The lowest BCUT2D eigenvalue weighted by Crippen LogP contribution is -2.16. The predicted octanol–water partition coefficient (Wildman–Crippen LogP) is 3.04. The van der Waals surface area contributed by atoms with E-state index in [4.69, 9.17) is 18.9 Å². The molecule has 0 amide bonds. The van der Waals surface area contributed by atoms with Crippen molar-refractivity contribution in [1.82, 2.24) is 4.57 Å². The number of hydrogen-bond acceptors (Lipinski definition) is 7. The van der Waals surface area contributed by atoms with E-state index in [-0.39, 0.29) is 18.1 Å². The molecule has 0 atom stereocenters. The van der Waals surface area contributed by atoms with Crippen molar-refractivity contribution < 1.29 is 28.5 Å². The van der Waals surface area contributed by atoms with Gasteiger partial charge in [0.05, 0.1) is 12.4 Å². The Bertz CT molecular complexity index is 892. The molecule has 1 aliphatic rings. The third-order valence-corrected chi connectivity index (χ3v) is 5.59. The maximum atomic E-state index is 12.5. The summed E-state index contributed by atoms with van der Waals surface area (Å²) in [5.41, 5.74) is 2.40. The van der Waals surface area contributed by atoms with Crippen molar-refractivity contribution in [2.75, 3.05) is 39.3 Å². The largest absolute Gasteiger partial charge is 0.486 e. The number of hydrogen-bond donors (Lipinski definition) is 0. The normalized spacial score (nSPS) is 12.7. The zero-order chi connectivity index (χ0) is 20.8. The summed E-state index contributed by atoms with van der Waals surface area (Å²) in [5.74, 6) is 0.844. The molecule has 0 aliphatic carbocycles. The van der Waals surface area contributed by atoms with Crippen LogP contribution in [-0.4, -0.2) is 55.6 Å². The average molecular weight is 419 g/mol. The van der Waals surface area contributed by atoms with Gasteiger partial charge in [0, 0.05) is 35.5 Å². The van der Waals surface area contributed by atoms with E-state index in [1.54, 1.807) is 7.11 Å². The lowest BCUT2D eigenvalue weighted by molar-refractivity contribution is -0.139. The van der Waals surface area contributed by atoms with Crippen LogP contribution in [0.5, 0.6) is 11.5 Å². The minimum Gasteiger partial charge on any atom is -0.486 e. The van der Waals surface area contributed by atoms with E-state index in [9.17, 15) is 9.59 Å². The molecule has 0 radical (unpaired) electrons. The first-order valence-electron chi connectivity index (χ1n) is 9.36. The highest BCUT2D eigenvalue weighted by molar-refractivity contribution is 8.00. The van der Waals surface area contributed by atoms with Crippen LogP contribution < -0.4 is 9.47 Å². The van der Waals surface area contributed by atoms with Gasteiger partial charge in [-0.25, -0.2) is 0 Å². The van der Waals surface area contributed by atoms with E-state index in [1.807, 2.05) is 42.7 Å². The molecule has 2 aromatic rings. The fraction of sp³-hybridized carbons (Fsp3) is 0.429. The van der Waals surface area contributed by atoms with Crippen molar-refractivity contribution in [2.24, 2.45) is 0 Å². The second-order valence-electron chi connectivity index (χ2n) is 6.61. The van der Waals surface area contributed by atoms with Gasteiger partial charge in [-0.15, -0.1) is 11.8 Å². The molecular weight excluding hydrogens is 394 g/mol. The monoisotopic (exact) mass is 419 g/mol. The van der Waals surface area contributed by atoms with Crippen LogP contribution in [0.25, 0.3) is 0 Å². The van der Waals surface area contributed by atoms with Crippen molar-refractivity contribution in [3.05, 3.63) is 41.2 Å². The smallest absolute Gasteiger partial charge is 0.316 e. The number of aryl methyl sites for hydroxylation is 1. The van der Waals surface area contributed by atoms with Gasteiger partial charge in [-0.3, -0.25) is 9.59 Å². The summed E-state index contributed by atoms with van der Waals surface area (Å²) >= 11 is 1.33. The number of ether oxygens (including phenoxy) is 4. The molecule has 0 spiro atoms. The molecule has 1 aromatic heterocycles. The van der Waals surface area contributed by atoms with Gasteiger partial charge in [-0.2, -0.15) is 0 Å². The fourth-order valence-corrected chi connectivity index (χ4v) is 3.85. The molecule has 2 heterocycles. The number of aromatic nitrogens is 1. The predicted molar refractivity (Wildman–Crippen MR) is 109 cm³/mol. The molecule has 29 heavy (non-hydrogen) atoms. The van der Waals surface area contributed by atoms with Crippen molar-refractivity contribution in [3.8, 4) is 11.5 Å². The Morgan fingerprint density at radius 2 is 1.90 bits per heavy atom. The summed E-state index contributed by atoms with van der Waals surface area (Å²) in [7, 11) is 1.64. The van der Waals surface area contributed by atoms with Crippen LogP contribution in [0.2, 0.25) is 0 Å². The number of ketones is 1. The van der Waals surface area contributed by atoms with E-state index >= 15 is 0 Å². The van der Waals surface area contributed by atoms with E-state index < -0.39 is 5.97 Å². The molecule has 3 rings (SSSR count). The number of fused-ring (bicyclic) bond motifs is 1. The van der Waals surface area contributed by atoms with Crippen LogP contribution in [-0.2, 0) is 20.8 Å². The van der Waals surface area contributed by atoms with E-state index in [0.29, 0.717) is 43.4 Å². The van der Waals surface area contributed by atoms with E-state index in [1.165, 1.54) is 11.8 Å². The summed E-state index contributed by atoms with van der Waals surface area (Å²) in [5, 5.41) is 0. The maximum Gasteiger partial charge on any atom is 0.316 e. The maximum absolute atomic E-state index is 12.5. The average Bonchev–Trinajstić information content (AvgIpc) is 3.02. The van der Waals surface area contributed by atoms with Crippen LogP contribution in [0.4, 0.5) is 0 Å². The topological polar surface area (TPSA) is 76.0 Å². The number of benzene rings is 1. The zero-order valence-electron chi connectivity index (χ0n) is 16.9. The molecule has 0 saturated carbocycles. The summed E-state index contributed by atoms with van der Waals surface area (Å²) in [4.78, 5) is 25.4. The molecule has 7 nitrogen and oxygen atoms in total. The van der Waals surface area contributed by atoms with Gasteiger partial charge in [-0.1, -0.05) is 0 Å². The minimum absolute atomic E-state index is 0.111. The van der Waals surface area contributed by atoms with E-state index in [2.05, 4.69) is 0 Å². The molecular formula is C21H25NO6S. The number of rotatable bonds is 9. The van der Waals surface area contributed by atoms with Gasteiger partial charge in [0.25, 0.3) is 0 Å². The highest BCUT2D eigenvalue weighted by Crippen LogP contribution is 2.34. The van der Waals surface area contributed by atoms with Crippen molar-refractivity contribution in [1.29, 1.82) is 0 Å². The lowest BCUT2D eigenvalue weighted by Gasteiger charge is -2.18. The number of carbonyl (C=O) groups is 2. The van der Waals surface area contributed by atoms with Crippen molar-refractivity contribution in [3.63, 3.8) is 0 Å². The third kappa shape index (κ3) is 5.33. The summed E-state index contributed by atoms with van der Waals surface area (Å²) in [6, 6.07) is 7.36. The Labute approximate surface area is 174 Å². The molecule has 0 unspecified atom stereocenters. The molecule has 8 heteroatoms. The second kappa shape index (κ2) is 9.84. The van der Waals surface area contributed by atoms with Gasteiger partial charge in [0.1, 0.15) is 13.2 Å².